The van der Waals surface area contributed by atoms with Crippen molar-refractivity contribution in [3.63, 3.8) is 0 Å². The summed E-state index contributed by atoms with van der Waals surface area (Å²) in [7, 11) is 0. The minimum atomic E-state index is -6.47. The molecule has 182 valence electrons. The molecule has 0 unspecified atom stereocenters. The fraction of sp³-hybridized carbons (Fsp3) is 0.250. The van der Waals surface area contributed by atoms with Gasteiger partial charge in [0.15, 0.2) is 0 Å². The summed E-state index contributed by atoms with van der Waals surface area (Å²) in [5, 5.41) is 2.75. The lowest BCUT2D eigenvalue weighted by atomic mass is 10.2. The molecule has 2 amide bonds. The molecule has 0 aromatic heterocycles. The van der Waals surface area contributed by atoms with Crippen LogP contribution < -0.4 is 4.90 Å². The number of halogens is 7. The van der Waals surface area contributed by atoms with Crippen LogP contribution in [-0.4, -0.2) is 45.5 Å². The van der Waals surface area contributed by atoms with Gasteiger partial charge in [0.25, 0.3) is 0 Å². The fourth-order valence-electron chi connectivity index (χ4n) is 2.91. The van der Waals surface area contributed by atoms with Gasteiger partial charge in [0.2, 0.25) is 11.8 Å². The van der Waals surface area contributed by atoms with Crippen LogP contribution in [0.1, 0.15) is 16.8 Å². The number of hydrogen-bond acceptors (Lipinski definition) is 5. The van der Waals surface area contributed by atoms with E-state index in [0.717, 1.165) is 36.0 Å². The molecular weight excluding hydrogens is 515 g/mol. The van der Waals surface area contributed by atoms with E-state index in [-0.39, 0.29) is 22.6 Å². The third-order valence-electron chi connectivity index (χ3n) is 4.55. The van der Waals surface area contributed by atoms with Gasteiger partial charge in [-0.05, 0) is 48.2 Å². The molecule has 1 aliphatic heterocycles. The Kier molecular flexibility index (Phi) is 6.95. The maximum atomic E-state index is 13.6. The Morgan fingerprint density at radius 1 is 0.941 bits per heavy atom. The maximum Gasteiger partial charge on any atom is 0.460 e. The van der Waals surface area contributed by atoms with E-state index >= 15 is 0 Å². The molecule has 5 nitrogen and oxygen atoms in total. The quantitative estimate of drug-likeness (QED) is 0.283. The number of carboxylic acids is 1. The Morgan fingerprint density at radius 2 is 1.53 bits per heavy atom. The van der Waals surface area contributed by atoms with Gasteiger partial charge in [-0.3, -0.25) is 9.59 Å². The van der Waals surface area contributed by atoms with Crippen molar-refractivity contribution in [2.75, 3.05) is 4.90 Å². The Labute approximate surface area is 195 Å². The van der Waals surface area contributed by atoms with E-state index in [0.29, 0.717) is 4.90 Å². The zero-order valence-electron chi connectivity index (χ0n) is 16.5. The number of rotatable bonds is 7. The lowest BCUT2D eigenvalue weighted by Gasteiger charge is -2.27. The minimum absolute atomic E-state index is 0.0795. The van der Waals surface area contributed by atoms with E-state index in [1.165, 1.54) is 18.2 Å². The molecule has 0 saturated carbocycles. The second-order valence-electron chi connectivity index (χ2n) is 6.86. The Balaban J connectivity index is 1.77. The second kappa shape index (κ2) is 9.13. The molecule has 1 fully saturated rings. The normalized spacial score (nSPS) is 17.4. The standard InChI is InChI=1S/C20H12F7NO4S2/c21-18(22,19(23,24)25)20(26,27)34-11-7-5-10(6-8-11)28-15(29)9-14(16(28)30)33-13-4-2-1-3-12(13)17(31)32/h1-8,14H,9H2,(H,31,32)/t14-/m1/s1. The van der Waals surface area contributed by atoms with E-state index in [2.05, 4.69) is 0 Å². The van der Waals surface area contributed by atoms with Gasteiger partial charge in [0.1, 0.15) is 0 Å². The van der Waals surface area contributed by atoms with Crippen molar-refractivity contribution in [2.24, 2.45) is 0 Å². The zero-order valence-corrected chi connectivity index (χ0v) is 18.1. The van der Waals surface area contributed by atoms with Crippen LogP contribution in [0.15, 0.2) is 58.3 Å². The summed E-state index contributed by atoms with van der Waals surface area (Å²) in [6.07, 6.45) is -6.77. The van der Waals surface area contributed by atoms with E-state index in [1.54, 1.807) is 6.07 Å². The highest BCUT2D eigenvalue weighted by atomic mass is 32.2. The van der Waals surface area contributed by atoms with Gasteiger partial charge in [0, 0.05) is 16.2 Å². The number of benzene rings is 2. The van der Waals surface area contributed by atoms with Crippen LogP contribution in [0.2, 0.25) is 0 Å². The van der Waals surface area contributed by atoms with E-state index in [1.807, 2.05) is 0 Å². The average Bonchev–Trinajstić information content (AvgIpc) is 3.00. The molecule has 1 saturated heterocycles. The number of imide groups is 1. The monoisotopic (exact) mass is 527 g/mol. The lowest BCUT2D eigenvalue weighted by Crippen LogP contribution is -2.49. The SMILES string of the molecule is O=C(O)c1ccccc1S[C@@H]1CC(=O)N(c2ccc(SC(F)(F)C(F)(F)C(F)(F)F)cc2)C1=O. The summed E-state index contributed by atoms with van der Waals surface area (Å²) >= 11 is -0.166. The highest BCUT2D eigenvalue weighted by molar-refractivity contribution is 8.01. The van der Waals surface area contributed by atoms with Crippen LogP contribution in [0.25, 0.3) is 0 Å². The van der Waals surface area contributed by atoms with Crippen LogP contribution in [0.3, 0.4) is 0 Å². The highest BCUT2D eigenvalue weighted by Crippen LogP contribution is 2.54. The van der Waals surface area contributed by atoms with Crippen LogP contribution in [0, 0.1) is 0 Å². The molecule has 2 aromatic rings. The molecule has 0 spiro atoms. The maximum absolute atomic E-state index is 13.6. The van der Waals surface area contributed by atoms with Crippen molar-refractivity contribution in [3.05, 3.63) is 54.1 Å². The van der Waals surface area contributed by atoms with Crippen molar-refractivity contribution < 1.29 is 50.2 Å². The second-order valence-corrected chi connectivity index (χ2v) is 9.30. The first-order chi connectivity index (χ1) is 15.7. The topological polar surface area (TPSA) is 74.7 Å². The van der Waals surface area contributed by atoms with Crippen molar-refractivity contribution >= 4 is 47.0 Å². The summed E-state index contributed by atoms with van der Waals surface area (Å²) < 4.78 is 90.2. The minimum Gasteiger partial charge on any atom is -0.478 e. The first-order valence-corrected chi connectivity index (χ1v) is 10.8. The predicted octanol–water partition coefficient (Wildman–Crippen LogP) is 5.69. The van der Waals surface area contributed by atoms with Gasteiger partial charge in [-0.25, -0.2) is 9.69 Å². The van der Waals surface area contributed by atoms with E-state index in [9.17, 15) is 50.2 Å². The number of carbonyl (C=O) groups is 3. The van der Waals surface area contributed by atoms with Gasteiger partial charge in [-0.15, -0.1) is 11.8 Å². The molecule has 1 N–H and O–H groups in total. The number of alkyl halides is 7. The molecule has 2 aromatic carbocycles. The Hall–Kier alpha value is -2.74. The number of anilines is 1. The van der Waals surface area contributed by atoms with Gasteiger partial charge in [-0.1, -0.05) is 12.1 Å². The third-order valence-corrected chi connectivity index (χ3v) is 6.84. The molecule has 0 aliphatic carbocycles. The highest BCUT2D eigenvalue weighted by Gasteiger charge is 2.73. The first-order valence-electron chi connectivity index (χ1n) is 9.13. The van der Waals surface area contributed by atoms with Crippen molar-refractivity contribution in [1.29, 1.82) is 0 Å². The number of carbonyl (C=O) groups excluding carboxylic acids is 2. The van der Waals surface area contributed by atoms with Crippen LogP contribution in [-0.2, 0) is 9.59 Å². The number of nitrogens with zero attached hydrogens (tertiary/aromatic N) is 1. The Morgan fingerprint density at radius 3 is 2.09 bits per heavy atom. The molecule has 1 heterocycles. The van der Waals surface area contributed by atoms with E-state index in [4.69, 9.17) is 0 Å². The van der Waals surface area contributed by atoms with Crippen molar-refractivity contribution in [3.8, 4) is 0 Å². The van der Waals surface area contributed by atoms with Gasteiger partial charge in [0.05, 0.1) is 16.5 Å². The molecule has 1 atom stereocenters. The number of aromatic carboxylic acids is 1. The lowest BCUT2D eigenvalue weighted by molar-refractivity contribution is -0.330. The first kappa shape index (κ1) is 25.9. The van der Waals surface area contributed by atoms with E-state index < -0.39 is 57.0 Å². The summed E-state index contributed by atoms with van der Waals surface area (Å²) in [5.41, 5.74) is -0.191. The molecule has 3 rings (SSSR count). The molecular formula is C20H12F7NO4S2. The summed E-state index contributed by atoms with van der Waals surface area (Å²) in [6, 6.07) is 9.27. The van der Waals surface area contributed by atoms with Gasteiger partial charge < -0.3 is 5.11 Å². The fourth-order valence-corrected chi connectivity index (χ4v) is 4.90. The number of thioether (sulfide) groups is 2. The smallest absolute Gasteiger partial charge is 0.460 e. The van der Waals surface area contributed by atoms with Crippen molar-refractivity contribution in [2.45, 2.75) is 38.8 Å². The summed E-state index contributed by atoms with van der Waals surface area (Å²) in [6.45, 7) is 0. The number of hydrogen-bond donors (Lipinski definition) is 1. The van der Waals surface area contributed by atoms with Crippen LogP contribution in [0.5, 0.6) is 0 Å². The van der Waals surface area contributed by atoms with Crippen molar-refractivity contribution in [1.82, 2.24) is 0 Å². The average molecular weight is 527 g/mol. The number of carboxylic acid groups (broad SMARTS) is 1. The molecule has 14 heteroatoms. The zero-order chi connectivity index (χ0) is 25.5. The molecule has 0 bridgehead atoms. The summed E-state index contributed by atoms with van der Waals surface area (Å²) in [5.74, 6) is -8.95. The Bertz CT molecular complexity index is 1120. The third kappa shape index (κ3) is 4.87. The van der Waals surface area contributed by atoms with Crippen LogP contribution >= 0.6 is 23.5 Å². The predicted molar refractivity (Wildman–Crippen MR) is 108 cm³/mol. The molecule has 34 heavy (non-hydrogen) atoms. The van der Waals surface area contributed by atoms with Gasteiger partial charge in [-0.2, -0.15) is 30.7 Å². The largest absolute Gasteiger partial charge is 0.478 e. The van der Waals surface area contributed by atoms with Gasteiger partial charge >= 0.3 is 23.3 Å². The summed E-state index contributed by atoms with van der Waals surface area (Å²) in [4.78, 5) is 36.8. The molecule has 1 aliphatic rings. The van der Waals surface area contributed by atoms with Crippen LogP contribution in [0.4, 0.5) is 36.4 Å². The number of amides is 2. The molecule has 0 radical (unpaired) electrons.